The summed E-state index contributed by atoms with van der Waals surface area (Å²) in [7, 11) is 0. The predicted molar refractivity (Wildman–Crippen MR) is 114 cm³/mol. The number of nitrogens with zero attached hydrogens (tertiary/aromatic N) is 3. The summed E-state index contributed by atoms with van der Waals surface area (Å²) in [6.45, 7) is 8.87. The van der Waals surface area contributed by atoms with Crippen LogP contribution in [0.3, 0.4) is 0 Å². The van der Waals surface area contributed by atoms with Crippen LogP contribution in [-0.4, -0.2) is 46.5 Å². The summed E-state index contributed by atoms with van der Waals surface area (Å²) in [5, 5.41) is 3.09. The van der Waals surface area contributed by atoms with Gasteiger partial charge in [-0.05, 0) is 62.3 Å². The lowest BCUT2D eigenvalue weighted by Crippen LogP contribution is -2.40. The van der Waals surface area contributed by atoms with Crippen LogP contribution in [0.1, 0.15) is 68.8 Å². The molecule has 0 spiro atoms. The maximum atomic E-state index is 12.5. The number of fused-ring (bicyclic) bond motifs is 1. The molecule has 0 bridgehead atoms. The largest absolute Gasteiger partial charge is 0.352 e. The summed E-state index contributed by atoms with van der Waals surface area (Å²) in [6, 6.07) is 6.51. The Hall–Kier alpha value is -1.88. The predicted octanol–water partition coefficient (Wildman–Crippen LogP) is 4.25. The van der Waals surface area contributed by atoms with E-state index in [9.17, 15) is 4.79 Å². The lowest BCUT2D eigenvalue weighted by Gasteiger charge is -2.34. The first-order chi connectivity index (χ1) is 13.6. The van der Waals surface area contributed by atoms with Crippen LogP contribution in [0.15, 0.2) is 24.5 Å². The third-order valence-electron chi connectivity index (χ3n) is 6.44. The number of amides is 1. The molecule has 1 saturated heterocycles. The fraction of sp³-hybridized carbons (Fsp3) is 0.652. The number of rotatable bonds is 6. The van der Waals surface area contributed by atoms with Gasteiger partial charge in [0.25, 0.3) is 5.91 Å². The van der Waals surface area contributed by atoms with Gasteiger partial charge in [0.05, 0.1) is 17.4 Å². The summed E-state index contributed by atoms with van der Waals surface area (Å²) in [4.78, 5) is 19.6. The zero-order valence-corrected chi connectivity index (χ0v) is 17.4. The van der Waals surface area contributed by atoms with Gasteiger partial charge in [0, 0.05) is 31.2 Å². The molecule has 5 heteroatoms. The van der Waals surface area contributed by atoms with Crippen molar-refractivity contribution >= 4 is 16.9 Å². The second-order valence-electron chi connectivity index (χ2n) is 9.11. The van der Waals surface area contributed by atoms with Crippen LogP contribution in [0.5, 0.6) is 0 Å². The summed E-state index contributed by atoms with van der Waals surface area (Å²) in [6.07, 6.45) is 9.38. The van der Waals surface area contributed by atoms with Crippen molar-refractivity contribution in [2.75, 3.05) is 26.2 Å². The van der Waals surface area contributed by atoms with E-state index in [0.717, 1.165) is 42.4 Å². The topological polar surface area (TPSA) is 50.2 Å². The lowest BCUT2D eigenvalue weighted by atomic mass is 9.92. The van der Waals surface area contributed by atoms with E-state index in [0.29, 0.717) is 11.6 Å². The Balaban J connectivity index is 1.29. The molecule has 2 fully saturated rings. The highest BCUT2D eigenvalue weighted by Gasteiger charge is 2.21. The standard InChI is InChI=1S/C23H34N4O/c1-17-12-18(2)15-26(14-17)11-5-10-24-23(28)19-8-9-22-21(13-19)25-16-27(22)20-6-3-4-7-20/h8-9,13,16-18,20H,3-7,10-12,14-15H2,1-2H3,(H,24,28)/t17-,18-/m1/s1. The van der Waals surface area contributed by atoms with Crippen LogP contribution < -0.4 is 5.32 Å². The van der Waals surface area contributed by atoms with Gasteiger partial charge >= 0.3 is 0 Å². The van der Waals surface area contributed by atoms with E-state index in [1.165, 1.54) is 45.2 Å². The molecule has 2 aromatic rings. The molecule has 2 atom stereocenters. The van der Waals surface area contributed by atoms with Crippen LogP contribution >= 0.6 is 0 Å². The molecule has 28 heavy (non-hydrogen) atoms. The number of hydrogen-bond donors (Lipinski definition) is 1. The molecule has 1 aliphatic heterocycles. The minimum absolute atomic E-state index is 0.0118. The van der Waals surface area contributed by atoms with E-state index in [1.807, 2.05) is 18.5 Å². The molecule has 1 aliphatic carbocycles. The van der Waals surface area contributed by atoms with Crippen molar-refractivity contribution in [1.82, 2.24) is 19.8 Å². The van der Waals surface area contributed by atoms with Gasteiger partial charge in [-0.25, -0.2) is 4.98 Å². The van der Waals surface area contributed by atoms with Gasteiger partial charge in [0.2, 0.25) is 0 Å². The van der Waals surface area contributed by atoms with Gasteiger partial charge < -0.3 is 14.8 Å². The van der Waals surface area contributed by atoms with Crippen LogP contribution in [0.4, 0.5) is 0 Å². The fourth-order valence-electron chi connectivity index (χ4n) is 5.23. The molecule has 2 heterocycles. The van der Waals surface area contributed by atoms with Gasteiger partial charge in [0.1, 0.15) is 0 Å². The van der Waals surface area contributed by atoms with Crippen molar-refractivity contribution in [2.24, 2.45) is 11.8 Å². The quantitative estimate of drug-likeness (QED) is 0.760. The van der Waals surface area contributed by atoms with Gasteiger partial charge in [-0.15, -0.1) is 0 Å². The third kappa shape index (κ3) is 4.40. The number of carbonyl (C=O) groups is 1. The molecule has 0 radical (unpaired) electrons. The average Bonchev–Trinajstić information content (AvgIpc) is 3.33. The number of imidazole rings is 1. The minimum Gasteiger partial charge on any atom is -0.352 e. The number of likely N-dealkylation sites (tertiary alicyclic amines) is 1. The van der Waals surface area contributed by atoms with E-state index in [2.05, 4.69) is 39.7 Å². The first-order valence-electron chi connectivity index (χ1n) is 11.1. The lowest BCUT2D eigenvalue weighted by molar-refractivity contribution is 0.0947. The molecule has 1 N–H and O–H groups in total. The molecule has 2 aliphatic rings. The van der Waals surface area contributed by atoms with Crippen LogP contribution in [0.25, 0.3) is 11.0 Å². The molecular formula is C23H34N4O. The van der Waals surface area contributed by atoms with Gasteiger partial charge in [0.15, 0.2) is 0 Å². The second-order valence-corrected chi connectivity index (χ2v) is 9.11. The van der Waals surface area contributed by atoms with E-state index in [-0.39, 0.29) is 5.91 Å². The van der Waals surface area contributed by atoms with E-state index in [4.69, 9.17) is 0 Å². The monoisotopic (exact) mass is 382 g/mol. The van der Waals surface area contributed by atoms with E-state index in [1.54, 1.807) is 0 Å². The maximum Gasteiger partial charge on any atom is 0.251 e. The summed E-state index contributed by atoms with van der Waals surface area (Å²) in [5.74, 6) is 1.58. The molecule has 1 aromatic carbocycles. The summed E-state index contributed by atoms with van der Waals surface area (Å²) >= 11 is 0. The van der Waals surface area contributed by atoms with Crippen molar-refractivity contribution in [3.8, 4) is 0 Å². The average molecular weight is 383 g/mol. The van der Waals surface area contributed by atoms with Crippen molar-refractivity contribution in [2.45, 2.75) is 58.4 Å². The van der Waals surface area contributed by atoms with Crippen molar-refractivity contribution in [1.29, 1.82) is 0 Å². The molecule has 0 unspecified atom stereocenters. The minimum atomic E-state index is 0.0118. The van der Waals surface area contributed by atoms with Gasteiger partial charge in [-0.1, -0.05) is 26.7 Å². The molecule has 4 rings (SSSR count). The normalized spacial score (nSPS) is 24.1. The van der Waals surface area contributed by atoms with Crippen molar-refractivity contribution < 1.29 is 4.79 Å². The van der Waals surface area contributed by atoms with E-state index >= 15 is 0 Å². The van der Waals surface area contributed by atoms with Crippen LogP contribution in [-0.2, 0) is 0 Å². The molecule has 1 saturated carbocycles. The van der Waals surface area contributed by atoms with Crippen molar-refractivity contribution in [3.63, 3.8) is 0 Å². The van der Waals surface area contributed by atoms with Gasteiger partial charge in [-0.3, -0.25) is 4.79 Å². The summed E-state index contributed by atoms with van der Waals surface area (Å²) in [5.41, 5.74) is 2.79. The van der Waals surface area contributed by atoms with Crippen LogP contribution in [0.2, 0.25) is 0 Å². The Morgan fingerprint density at radius 3 is 2.68 bits per heavy atom. The van der Waals surface area contributed by atoms with Crippen molar-refractivity contribution in [3.05, 3.63) is 30.1 Å². The third-order valence-corrected chi connectivity index (χ3v) is 6.44. The molecular weight excluding hydrogens is 348 g/mol. The van der Waals surface area contributed by atoms with E-state index < -0.39 is 0 Å². The first-order valence-corrected chi connectivity index (χ1v) is 11.1. The zero-order chi connectivity index (χ0) is 19.5. The Bertz CT molecular complexity index is 798. The maximum absolute atomic E-state index is 12.5. The highest BCUT2D eigenvalue weighted by molar-refractivity contribution is 5.97. The van der Waals surface area contributed by atoms with Gasteiger partial charge in [-0.2, -0.15) is 0 Å². The highest BCUT2D eigenvalue weighted by atomic mass is 16.1. The fourth-order valence-corrected chi connectivity index (χ4v) is 5.23. The zero-order valence-electron chi connectivity index (χ0n) is 17.4. The number of piperidine rings is 1. The Kier molecular flexibility index (Phi) is 6.00. The second kappa shape index (κ2) is 8.64. The summed E-state index contributed by atoms with van der Waals surface area (Å²) < 4.78 is 2.30. The number of carbonyl (C=O) groups excluding carboxylic acids is 1. The number of benzene rings is 1. The Morgan fingerprint density at radius 1 is 1.18 bits per heavy atom. The SMILES string of the molecule is C[C@@H]1C[C@@H](C)CN(CCCNC(=O)c2ccc3c(c2)ncn3C2CCCC2)C1. The Morgan fingerprint density at radius 2 is 1.93 bits per heavy atom. The first kappa shape index (κ1) is 19.4. The number of hydrogen-bond acceptors (Lipinski definition) is 3. The number of aromatic nitrogens is 2. The molecule has 1 aromatic heterocycles. The Labute approximate surface area is 168 Å². The molecule has 5 nitrogen and oxygen atoms in total. The highest BCUT2D eigenvalue weighted by Crippen LogP contribution is 2.32. The smallest absolute Gasteiger partial charge is 0.251 e. The number of nitrogens with one attached hydrogen (secondary N) is 1. The molecule has 152 valence electrons. The molecule has 1 amide bonds. The van der Waals surface area contributed by atoms with Crippen LogP contribution in [0, 0.1) is 11.8 Å².